The van der Waals surface area contributed by atoms with Crippen LogP contribution in [0.25, 0.3) is 0 Å². The topological polar surface area (TPSA) is 34.1 Å². The van der Waals surface area contributed by atoms with E-state index < -0.39 is 0 Å². The van der Waals surface area contributed by atoms with Gasteiger partial charge in [0, 0.05) is 39.9 Å². The van der Waals surface area contributed by atoms with Gasteiger partial charge in [0.1, 0.15) is 0 Å². The van der Waals surface area contributed by atoms with Crippen molar-refractivity contribution >= 4 is 69.0 Å². The lowest BCUT2D eigenvalue weighted by molar-refractivity contribution is 0.0974. The Bertz CT molecular complexity index is 624. The van der Waals surface area contributed by atoms with Gasteiger partial charge in [0.25, 0.3) is 0 Å². The highest BCUT2D eigenvalue weighted by Crippen LogP contribution is 2.13. The predicted octanol–water partition coefficient (Wildman–Crippen LogP) is 7.28. The molecule has 0 saturated carbocycles. The first-order chi connectivity index (χ1) is 12.5. The first-order valence-corrected chi connectivity index (χ1v) is 11.0. The lowest BCUT2D eigenvalue weighted by Crippen LogP contribution is -1.98. The van der Waals surface area contributed by atoms with Gasteiger partial charge >= 0.3 is 0 Å². The van der Waals surface area contributed by atoms with Crippen LogP contribution in [0.2, 0.25) is 10.0 Å². The summed E-state index contributed by atoms with van der Waals surface area (Å²) >= 11 is 19.2. The van der Waals surface area contributed by atoms with Crippen molar-refractivity contribution in [3.05, 3.63) is 69.7 Å². The van der Waals surface area contributed by atoms with Crippen LogP contribution in [0, 0.1) is 0 Å². The van der Waals surface area contributed by atoms with Gasteiger partial charge in [-0.25, -0.2) is 0 Å². The second kappa shape index (κ2) is 13.5. The predicted molar refractivity (Wildman–Crippen MR) is 120 cm³/mol. The van der Waals surface area contributed by atoms with Crippen LogP contribution in [0.1, 0.15) is 46.4 Å². The molecule has 0 bridgehead atoms. The third kappa shape index (κ3) is 9.36. The van der Waals surface area contributed by atoms with Gasteiger partial charge in [0.15, 0.2) is 11.6 Å². The molecule has 2 aromatic rings. The third-order valence-electron chi connectivity index (χ3n) is 3.41. The highest BCUT2D eigenvalue weighted by molar-refractivity contribution is 14.1. The Hall–Kier alpha value is -0.620. The smallest absolute Gasteiger partial charge is 0.162 e. The largest absolute Gasteiger partial charge is 0.294 e. The van der Waals surface area contributed by atoms with E-state index in [0.29, 0.717) is 34.3 Å². The normalized spacial score (nSPS) is 10.0. The van der Waals surface area contributed by atoms with Gasteiger partial charge in [0.05, 0.1) is 0 Å². The van der Waals surface area contributed by atoms with Crippen LogP contribution in [-0.2, 0) is 0 Å². The maximum absolute atomic E-state index is 11.5. The second-order valence-corrected chi connectivity index (χ2v) is 7.77. The summed E-state index contributed by atoms with van der Waals surface area (Å²) in [4.78, 5) is 22.9. The number of alkyl halides is 2. The number of carbonyl (C=O) groups excluding carboxylic acids is 2. The molecule has 0 atom stereocenters. The number of hydrogen-bond acceptors (Lipinski definition) is 2. The van der Waals surface area contributed by atoms with Crippen LogP contribution in [-0.4, -0.2) is 21.9 Å². The standard InChI is InChI=1S/C10H10Cl2O.C10H10ClIO/c11-7-1-2-10(13)8-3-5-9(12)6-4-8;11-9-5-3-8(4-6-9)10(13)2-1-7-12/h2*3-6H,1-2,7H2. The summed E-state index contributed by atoms with van der Waals surface area (Å²) in [5.74, 6) is 0.852. The number of Topliss-reactive ketones (excluding diaryl/α,β-unsaturated/α-hetero) is 2. The van der Waals surface area contributed by atoms with Crippen molar-refractivity contribution < 1.29 is 9.59 Å². The first kappa shape index (κ1) is 23.4. The molecule has 0 amide bonds. The van der Waals surface area contributed by atoms with Crippen LogP contribution >= 0.6 is 57.4 Å². The quantitative estimate of drug-likeness (QED) is 0.206. The zero-order chi connectivity index (χ0) is 19.4. The molecule has 0 aromatic heterocycles. The van der Waals surface area contributed by atoms with Gasteiger partial charge in [-0.3, -0.25) is 9.59 Å². The zero-order valence-corrected chi connectivity index (χ0v) is 18.6. The summed E-state index contributed by atoms with van der Waals surface area (Å²) in [6, 6.07) is 14.0. The van der Waals surface area contributed by atoms with E-state index in [1.165, 1.54) is 0 Å². The zero-order valence-electron chi connectivity index (χ0n) is 14.2. The summed E-state index contributed by atoms with van der Waals surface area (Å²) in [6.45, 7) is 0. The molecule has 6 heteroatoms. The highest BCUT2D eigenvalue weighted by atomic mass is 127. The lowest BCUT2D eigenvalue weighted by atomic mass is 10.1. The molecular weight excluding hydrogens is 505 g/mol. The molecule has 0 aliphatic rings. The molecule has 2 aromatic carbocycles. The maximum atomic E-state index is 11.5. The summed E-state index contributed by atoms with van der Waals surface area (Å²) in [7, 11) is 0. The molecule has 0 aliphatic heterocycles. The van der Waals surface area contributed by atoms with Crippen LogP contribution in [0.15, 0.2) is 48.5 Å². The molecule has 2 nitrogen and oxygen atoms in total. The lowest BCUT2D eigenvalue weighted by Gasteiger charge is -1.98. The summed E-state index contributed by atoms with van der Waals surface area (Å²) in [6.07, 6.45) is 2.81. The van der Waals surface area contributed by atoms with Gasteiger partial charge in [-0.15, -0.1) is 11.6 Å². The Morgan fingerprint density at radius 2 is 1.12 bits per heavy atom. The Balaban J connectivity index is 0.000000260. The second-order valence-electron chi connectivity index (χ2n) is 5.45. The van der Waals surface area contributed by atoms with Crippen molar-refractivity contribution in [2.24, 2.45) is 0 Å². The number of halogens is 4. The van der Waals surface area contributed by atoms with Crippen LogP contribution in [0.3, 0.4) is 0 Å². The van der Waals surface area contributed by atoms with E-state index in [1.54, 1.807) is 48.5 Å². The van der Waals surface area contributed by atoms with Crippen molar-refractivity contribution in [1.82, 2.24) is 0 Å². The average Bonchev–Trinajstić information content (AvgIpc) is 2.66. The molecule has 26 heavy (non-hydrogen) atoms. The van der Waals surface area contributed by atoms with E-state index in [9.17, 15) is 9.59 Å². The Labute approximate surface area is 183 Å². The SMILES string of the molecule is O=C(CCCCl)c1ccc(Cl)cc1.O=C(CCCI)c1ccc(Cl)cc1. The van der Waals surface area contributed by atoms with Crippen molar-refractivity contribution in [1.29, 1.82) is 0 Å². The first-order valence-electron chi connectivity index (χ1n) is 8.17. The fourth-order valence-corrected chi connectivity index (χ4v) is 2.78. The van der Waals surface area contributed by atoms with Crippen molar-refractivity contribution in [3.8, 4) is 0 Å². The van der Waals surface area contributed by atoms with Crippen LogP contribution < -0.4 is 0 Å². The summed E-state index contributed by atoms with van der Waals surface area (Å²) in [5, 5.41) is 1.32. The van der Waals surface area contributed by atoms with E-state index in [2.05, 4.69) is 22.6 Å². The Kier molecular flexibility index (Phi) is 12.2. The van der Waals surface area contributed by atoms with E-state index in [0.717, 1.165) is 22.8 Å². The molecule has 0 unspecified atom stereocenters. The van der Waals surface area contributed by atoms with Gasteiger partial charge in [0.2, 0.25) is 0 Å². The van der Waals surface area contributed by atoms with Gasteiger partial charge in [-0.1, -0.05) is 45.8 Å². The fourth-order valence-electron chi connectivity index (χ4n) is 2.01. The van der Waals surface area contributed by atoms with Gasteiger partial charge in [-0.05, 0) is 65.8 Å². The molecule has 0 N–H and O–H groups in total. The van der Waals surface area contributed by atoms with E-state index in [4.69, 9.17) is 34.8 Å². The number of hydrogen-bond donors (Lipinski definition) is 0. The molecule has 140 valence electrons. The molecule has 0 heterocycles. The van der Waals surface area contributed by atoms with Crippen LogP contribution in [0.4, 0.5) is 0 Å². The molecule has 2 rings (SSSR count). The minimum absolute atomic E-state index is 0.123. The van der Waals surface area contributed by atoms with Crippen LogP contribution in [0.5, 0.6) is 0 Å². The minimum atomic E-state index is 0.123. The monoisotopic (exact) mass is 524 g/mol. The van der Waals surface area contributed by atoms with E-state index in [1.807, 2.05) is 0 Å². The molecule has 0 radical (unpaired) electrons. The molecule has 0 aliphatic carbocycles. The maximum Gasteiger partial charge on any atom is 0.162 e. The third-order valence-corrected chi connectivity index (χ3v) is 4.94. The Morgan fingerprint density at radius 1 is 0.731 bits per heavy atom. The fraction of sp³-hybridized carbons (Fsp3) is 0.300. The average molecular weight is 526 g/mol. The van der Waals surface area contributed by atoms with Crippen molar-refractivity contribution in [3.63, 3.8) is 0 Å². The number of benzene rings is 2. The van der Waals surface area contributed by atoms with Gasteiger partial charge < -0.3 is 0 Å². The summed E-state index contributed by atoms with van der Waals surface area (Å²) in [5.41, 5.74) is 1.46. The van der Waals surface area contributed by atoms with Gasteiger partial charge in [-0.2, -0.15) is 0 Å². The van der Waals surface area contributed by atoms with E-state index in [-0.39, 0.29) is 11.6 Å². The van der Waals surface area contributed by atoms with E-state index >= 15 is 0 Å². The molecule has 0 saturated heterocycles. The number of carbonyl (C=O) groups is 2. The Morgan fingerprint density at radius 3 is 1.46 bits per heavy atom. The molecule has 0 fully saturated rings. The van der Waals surface area contributed by atoms with Crippen molar-refractivity contribution in [2.45, 2.75) is 25.7 Å². The molecule has 0 spiro atoms. The highest BCUT2D eigenvalue weighted by Gasteiger charge is 2.04. The molecular formula is C20H20Cl3IO2. The summed E-state index contributed by atoms with van der Waals surface area (Å²) < 4.78 is 1.02. The van der Waals surface area contributed by atoms with Crippen molar-refractivity contribution in [2.75, 3.05) is 10.3 Å². The number of ketones is 2. The minimum Gasteiger partial charge on any atom is -0.294 e. The number of rotatable bonds is 8.